The van der Waals surface area contributed by atoms with Gasteiger partial charge in [-0.1, -0.05) is 6.42 Å². The summed E-state index contributed by atoms with van der Waals surface area (Å²) < 4.78 is 0. The molecule has 7 heteroatoms. The van der Waals surface area contributed by atoms with E-state index in [0.29, 0.717) is 18.4 Å². The molecule has 0 aromatic rings. The highest BCUT2D eigenvalue weighted by atomic mass is 16.2. The Bertz CT molecular complexity index is 751. The van der Waals surface area contributed by atoms with Gasteiger partial charge in [0, 0.05) is 13.6 Å². The van der Waals surface area contributed by atoms with Gasteiger partial charge in [0.05, 0.1) is 23.7 Å². The topological polar surface area (TPSA) is 78.0 Å². The van der Waals surface area contributed by atoms with Crippen LogP contribution >= 0.6 is 0 Å². The van der Waals surface area contributed by atoms with Crippen LogP contribution in [0.15, 0.2) is 0 Å². The summed E-state index contributed by atoms with van der Waals surface area (Å²) in [6.07, 6.45) is 7.99. The van der Waals surface area contributed by atoms with Gasteiger partial charge in [0.2, 0.25) is 23.6 Å². The molecular formula is C24H37N3O4. The van der Waals surface area contributed by atoms with Crippen molar-refractivity contribution in [3.63, 3.8) is 0 Å². The third-order valence-corrected chi connectivity index (χ3v) is 8.40. The number of fused-ring (bicyclic) bond motifs is 2. The molecule has 6 unspecified atom stereocenters. The summed E-state index contributed by atoms with van der Waals surface area (Å²) in [6.45, 7) is 1.58. The Labute approximate surface area is 185 Å². The van der Waals surface area contributed by atoms with E-state index < -0.39 is 0 Å². The Kier molecular flexibility index (Phi) is 6.52. The van der Waals surface area contributed by atoms with Crippen molar-refractivity contribution in [1.29, 1.82) is 0 Å². The Morgan fingerprint density at radius 3 is 1.84 bits per heavy atom. The molecule has 2 aliphatic heterocycles. The van der Waals surface area contributed by atoms with E-state index >= 15 is 0 Å². The third-order valence-electron chi connectivity index (χ3n) is 8.40. The lowest BCUT2D eigenvalue weighted by Gasteiger charge is -2.38. The van der Waals surface area contributed by atoms with Crippen molar-refractivity contribution in [2.75, 3.05) is 34.2 Å². The van der Waals surface area contributed by atoms with Gasteiger partial charge >= 0.3 is 0 Å². The second kappa shape index (κ2) is 9.00. The van der Waals surface area contributed by atoms with E-state index in [1.807, 2.05) is 0 Å². The van der Waals surface area contributed by atoms with Crippen LogP contribution in [-0.4, -0.2) is 72.6 Å². The minimum absolute atomic E-state index is 0.0186. The molecule has 172 valence electrons. The van der Waals surface area contributed by atoms with E-state index in [2.05, 4.69) is 19.0 Å². The molecule has 0 N–H and O–H groups in total. The number of rotatable bonds is 7. The monoisotopic (exact) mass is 431 g/mol. The first kappa shape index (κ1) is 22.4. The molecule has 4 rings (SSSR count). The van der Waals surface area contributed by atoms with Crippen LogP contribution in [0.5, 0.6) is 0 Å². The molecule has 0 aromatic carbocycles. The normalized spacial score (nSPS) is 35.9. The maximum Gasteiger partial charge on any atom is 0.233 e. The van der Waals surface area contributed by atoms with Crippen LogP contribution in [0.1, 0.15) is 57.8 Å². The summed E-state index contributed by atoms with van der Waals surface area (Å²) in [5, 5.41) is 0. The average Bonchev–Trinajstić information content (AvgIpc) is 3.12. The maximum atomic E-state index is 13.1. The highest BCUT2D eigenvalue weighted by molar-refractivity contribution is 6.05. The molecule has 4 fully saturated rings. The van der Waals surface area contributed by atoms with Crippen LogP contribution in [0.25, 0.3) is 0 Å². The second-order valence-electron chi connectivity index (χ2n) is 10.5. The number of nitrogens with zero attached hydrogens (tertiary/aromatic N) is 3. The molecule has 0 aromatic heterocycles. The molecule has 6 atom stereocenters. The molecular weight excluding hydrogens is 394 g/mol. The van der Waals surface area contributed by atoms with Gasteiger partial charge in [-0.05, 0) is 83.8 Å². The summed E-state index contributed by atoms with van der Waals surface area (Å²) in [6, 6.07) is 0. The summed E-state index contributed by atoms with van der Waals surface area (Å²) in [4.78, 5) is 55.7. The quantitative estimate of drug-likeness (QED) is 0.456. The zero-order valence-electron chi connectivity index (χ0n) is 19.2. The molecule has 7 nitrogen and oxygen atoms in total. The van der Waals surface area contributed by atoms with E-state index in [-0.39, 0.29) is 47.3 Å². The first-order valence-electron chi connectivity index (χ1n) is 12.1. The molecule has 31 heavy (non-hydrogen) atoms. The second-order valence-corrected chi connectivity index (χ2v) is 10.5. The fraction of sp³-hybridized carbons (Fsp3) is 0.833. The standard InChI is InChI=1S/C24H37N3O4/c1-25(2)11-5-4-6-12-27-23(30)18-10-8-16(14-20(18)24(27)31)15-7-9-17-19(13-15)22(29)26(3)21(17)28/h15-20H,4-14H2,1-3H3. The minimum atomic E-state index is -0.173. The van der Waals surface area contributed by atoms with Gasteiger partial charge in [0.15, 0.2) is 0 Å². The predicted octanol–water partition coefficient (Wildman–Crippen LogP) is 2.15. The van der Waals surface area contributed by atoms with Crippen LogP contribution in [0.4, 0.5) is 0 Å². The molecule has 2 heterocycles. The minimum Gasteiger partial charge on any atom is -0.309 e. The average molecular weight is 432 g/mol. The van der Waals surface area contributed by atoms with Gasteiger partial charge in [0.1, 0.15) is 0 Å². The van der Waals surface area contributed by atoms with Gasteiger partial charge in [-0.3, -0.25) is 29.0 Å². The van der Waals surface area contributed by atoms with Crippen molar-refractivity contribution in [2.24, 2.45) is 35.5 Å². The van der Waals surface area contributed by atoms with E-state index in [1.165, 1.54) is 4.90 Å². The van der Waals surface area contributed by atoms with Crippen molar-refractivity contribution in [1.82, 2.24) is 14.7 Å². The third kappa shape index (κ3) is 4.18. The SMILES string of the molecule is CN(C)CCCCCN1C(=O)C2CCC(C3CCC4C(=O)N(C)C(=O)C4C3)CC2C1=O. The van der Waals surface area contributed by atoms with E-state index in [9.17, 15) is 19.2 Å². The molecule has 4 aliphatic rings. The Morgan fingerprint density at radius 1 is 0.710 bits per heavy atom. The van der Waals surface area contributed by atoms with Crippen LogP contribution < -0.4 is 0 Å². The molecule has 2 aliphatic carbocycles. The number of hydrogen-bond acceptors (Lipinski definition) is 5. The molecule has 2 saturated heterocycles. The summed E-state index contributed by atoms with van der Waals surface area (Å²) >= 11 is 0. The lowest BCUT2D eigenvalue weighted by Crippen LogP contribution is -2.35. The highest BCUT2D eigenvalue weighted by Crippen LogP contribution is 2.49. The van der Waals surface area contributed by atoms with Crippen LogP contribution in [0, 0.1) is 35.5 Å². The van der Waals surface area contributed by atoms with E-state index in [4.69, 9.17) is 0 Å². The number of carbonyl (C=O) groups excluding carboxylic acids is 4. The molecule has 4 amide bonds. The fourth-order valence-corrected chi connectivity index (χ4v) is 6.61. The first-order valence-corrected chi connectivity index (χ1v) is 12.1. The van der Waals surface area contributed by atoms with E-state index in [1.54, 1.807) is 11.9 Å². The number of carbonyl (C=O) groups is 4. The Morgan fingerprint density at radius 2 is 1.23 bits per heavy atom. The smallest absolute Gasteiger partial charge is 0.233 e. The van der Waals surface area contributed by atoms with Crippen molar-refractivity contribution in [3.05, 3.63) is 0 Å². The number of amides is 4. The highest BCUT2D eigenvalue weighted by Gasteiger charge is 2.53. The fourth-order valence-electron chi connectivity index (χ4n) is 6.61. The summed E-state index contributed by atoms with van der Waals surface area (Å²) in [5.41, 5.74) is 0. The van der Waals surface area contributed by atoms with Crippen LogP contribution in [0.2, 0.25) is 0 Å². The zero-order valence-corrected chi connectivity index (χ0v) is 19.2. The Balaban J connectivity index is 1.32. The van der Waals surface area contributed by atoms with Gasteiger partial charge in [0.25, 0.3) is 0 Å². The zero-order chi connectivity index (χ0) is 22.3. The van der Waals surface area contributed by atoms with Gasteiger partial charge in [-0.25, -0.2) is 0 Å². The molecule has 2 saturated carbocycles. The largest absolute Gasteiger partial charge is 0.309 e. The summed E-state index contributed by atoms with van der Waals surface area (Å²) in [5.74, 6) is 0.182. The van der Waals surface area contributed by atoms with Crippen molar-refractivity contribution < 1.29 is 19.2 Å². The van der Waals surface area contributed by atoms with Crippen LogP contribution in [0.3, 0.4) is 0 Å². The van der Waals surface area contributed by atoms with Crippen molar-refractivity contribution >= 4 is 23.6 Å². The predicted molar refractivity (Wildman–Crippen MR) is 116 cm³/mol. The number of imide groups is 2. The van der Waals surface area contributed by atoms with Crippen molar-refractivity contribution in [2.45, 2.75) is 57.8 Å². The number of likely N-dealkylation sites (tertiary alicyclic amines) is 2. The van der Waals surface area contributed by atoms with Crippen LogP contribution in [-0.2, 0) is 19.2 Å². The van der Waals surface area contributed by atoms with Gasteiger partial charge in [-0.15, -0.1) is 0 Å². The van der Waals surface area contributed by atoms with E-state index in [0.717, 1.165) is 64.3 Å². The summed E-state index contributed by atoms with van der Waals surface area (Å²) in [7, 11) is 5.71. The maximum absolute atomic E-state index is 13.1. The van der Waals surface area contributed by atoms with Crippen molar-refractivity contribution in [3.8, 4) is 0 Å². The Hall–Kier alpha value is -1.76. The number of unbranched alkanes of at least 4 members (excludes halogenated alkanes) is 2. The van der Waals surface area contributed by atoms with Gasteiger partial charge in [-0.2, -0.15) is 0 Å². The molecule has 0 radical (unpaired) electrons. The first-order chi connectivity index (χ1) is 14.8. The molecule has 0 spiro atoms. The van der Waals surface area contributed by atoms with Gasteiger partial charge < -0.3 is 4.90 Å². The lowest BCUT2D eigenvalue weighted by molar-refractivity contribution is -0.141. The number of hydrogen-bond donors (Lipinski definition) is 0. The molecule has 0 bridgehead atoms. The lowest BCUT2D eigenvalue weighted by atomic mass is 9.64.